The summed E-state index contributed by atoms with van der Waals surface area (Å²) in [4.78, 5) is 2.57. The molecule has 2 heteroatoms. The van der Waals surface area contributed by atoms with Gasteiger partial charge in [0.25, 0.3) is 0 Å². The molecule has 0 spiro atoms. The summed E-state index contributed by atoms with van der Waals surface area (Å²) < 4.78 is 2.47. The van der Waals surface area contributed by atoms with Crippen LogP contribution in [0.2, 0.25) is 0 Å². The largest absolute Gasteiger partial charge is 0.333 e. The fraction of sp³-hybridized carbons (Fsp3) is 0.0417. The van der Waals surface area contributed by atoms with Gasteiger partial charge in [-0.05, 0) is 58.1 Å². The molecule has 2 unspecified atom stereocenters. The van der Waals surface area contributed by atoms with Gasteiger partial charge in [0.05, 0.1) is 22.8 Å². The maximum atomic E-state index is 2.57. The minimum Gasteiger partial charge on any atom is -0.333 e. The average Bonchev–Trinajstić information content (AvgIpc) is 3.72. The average molecular weight is 639 g/mol. The van der Waals surface area contributed by atoms with Crippen LogP contribution in [0.25, 0.3) is 60.9 Å². The molecule has 1 aliphatic carbocycles. The van der Waals surface area contributed by atoms with E-state index < -0.39 is 0 Å². The summed E-state index contributed by atoms with van der Waals surface area (Å²) in [6.07, 6.45) is 9.21. The van der Waals surface area contributed by atoms with Crippen LogP contribution in [0.1, 0.15) is 11.5 Å². The molecule has 1 aromatic heterocycles. The van der Waals surface area contributed by atoms with E-state index in [4.69, 9.17) is 0 Å². The first kappa shape index (κ1) is 28.6. The van der Waals surface area contributed by atoms with Crippen LogP contribution in [0.15, 0.2) is 194 Å². The first-order valence-corrected chi connectivity index (χ1v) is 17.5. The van der Waals surface area contributed by atoms with Crippen LogP contribution in [0.3, 0.4) is 0 Å². The molecule has 0 saturated heterocycles. The van der Waals surface area contributed by atoms with Gasteiger partial charge in [-0.25, -0.2) is 0 Å². The van der Waals surface area contributed by atoms with Crippen molar-refractivity contribution < 1.29 is 0 Å². The Bertz CT molecular complexity index is 2610. The second-order valence-corrected chi connectivity index (χ2v) is 13.2. The van der Waals surface area contributed by atoms with Gasteiger partial charge in [0, 0.05) is 39.2 Å². The van der Waals surface area contributed by atoms with Crippen LogP contribution >= 0.6 is 0 Å². The van der Waals surface area contributed by atoms with Crippen molar-refractivity contribution in [3.05, 3.63) is 200 Å². The Morgan fingerprint density at radius 3 is 1.70 bits per heavy atom. The third-order valence-corrected chi connectivity index (χ3v) is 10.5. The molecule has 0 bridgehead atoms. The van der Waals surface area contributed by atoms with E-state index in [0.29, 0.717) is 0 Å². The topological polar surface area (TPSA) is 8.17 Å². The number of hydrogen-bond acceptors (Lipinski definition) is 1. The molecule has 0 radical (unpaired) electrons. The number of allylic oxidation sites excluding steroid dienone is 2. The molecule has 2 atom stereocenters. The van der Waals surface area contributed by atoms with Crippen molar-refractivity contribution >= 4 is 33.2 Å². The normalized spacial score (nSPS) is 16.2. The fourth-order valence-corrected chi connectivity index (χ4v) is 8.49. The molecule has 1 aliphatic heterocycles. The van der Waals surface area contributed by atoms with Gasteiger partial charge >= 0.3 is 0 Å². The summed E-state index contributed by atoms with van der Waals surface area (Å²) >= 11 is 0. The highest BCUT2D eigenvalue weighted by Gasteiger charge is 2.40. The lowest BCUT2D eigenvalue weighted by Gasteiger charge is -2.30. The molecule has 0 saturated carbocycles. The van der Waals surface area contributed by atoms with Crippen LogP contribution in [0, 0.1) is 0 Å². The summed E-state index contributed by atoms with van der Waals surface area (Å²) in [6.45, 7) is 0. The minimum absolute atomic E-state index is 0.180. The summed E-state index contributed by atoms with van der Waals surface area (Å²) in [5.41, 5.74) is 15.0. The Morgan fingerprint density at radius 2 is 0.920 bits per heavy atom. The monoisotopic (exact) mass is 638 g/mol. The van der Waals surface area contributed by atoms with E-state index in [1.807, 2.05) is 0 Å². The maximum absolute atomic E-state index is 2.57. The lowest BCUT2D eigenvalue weighted by molar-refractivity contribution is 0.746. The van der Waals surface area contributed by atoms with Crippen LogP contribution in [-0.4, -0.2) is 10.6 Å². The molecule has 0 amide bonds. The highest BCUT2D eigenvalue weighted by molar-refractivity contribution is 6.16. The number of benzene rings is 7. The second-order valence-electron chi connectivity index (χ2n) is 13.2. The highest BCUT2D eigenvalue weighted by Crippen LogP contribution is 2.54. The van der Waals surface area contributed by atoms with Gasteiger partial charge in [-0.1, -0.05) is 164 Å². The van der Waals surface area contributed by atoms with E-state index >= 15 is 0 Å². The van der Waals surface area contributed by atoms with Gasteiger partial charge in [0.2, 0.25) is 0 Å². The van der Waals surface area contributed by atoms with Crippen LogP contribution in [0.5, 0.6) is 0 Å². The zero-order valence-corrected chi connectivity index (χ0v) is 27.5. The van der Waals surface area contributed by atoms with Crippen molar-refractivity contribution in [3.63, 3.8) is 0 Å². The number of para-hydroxylation sites is 3. The van der Waals surface area contributed by atoms with Crippen LogP contribution < -0.4 is 4.90 Å². The molecule has 10 rings (SSSR count). The SMILES string of the molecule is C1=CC2c3c(-c4cccc5c4c4ccccc4n5-c4ccccc4-c4ccccc4)cccc3N(c3ccccc3-c3ccccc3)C2C=C1. The number of rotatable bonds is 5. The number of aromatic nitrogens is 1. The van der Waals surface area contributed by atoms with Crippen LogP contribution in [-0.2, 0) is 0 Å². The van der Waals surface area contributed by atoms with Crippen LogP contribution in [0.4, 0.5) is 11.4 Å². The zero-order valence-electron chi connectivity index (χ0n) is 27.5. The number of anilines is 2. The predicted molar refractivity (Wildman–Crippen MR) is 210 cm³/mol. The molecule has 7 aromatic carbocycles. The van der Waals surface area contributed by atoms with E-state index in [0.717, 1.165) is 0 Å². The Morgan fingerprint density at radius 1 is 0.380 bits per heavy atom. The van der Waals surface area contributed by atoms with Crippen molar-refractivity contribution in [2.45, 2.75) is 12.0 Å². The Hall–Kier alpha value is -6.38. The zero-order chi connectivity index (χ0) is 33.0. The van der Waals surface area contributed by atoms with Crippen molar-refractivity contribution in [2.24, 2.45) is 0 Å². The van der Waals surface area contributed by atoms with Gasteiger partial charge in [-0.2, -0.15) is 0 Å². The van der Waals surface area contributed by atoms with Gasteiger partial charge in [0.1, 0.15) is 0 Å². The highest BCUT2D eigenvalue weighted by atomic mass is 15.2. The van der Waals surface area contributed by atoms with Crippen molar-refractivity contribution in [3.8, 4) is 39.1 Å². The number of nitrogens with zero attached hydrogens (tertiary/aromatic N) is 2. The van der Waals surface area contributed by atoms with Crippen molar-refractivity contribution in [2.75, 3.05) is 4.90 Å². The Kier molecular flexibility index (Phi) is 6.67. The molecule has 0 fully saturated rings. The molecule has 236 valence electrons. The van der Waals surface area contributed by atoms with Crippen molar-refractivity contribution in [1.29, 1.82) is 0 Å². The minimum atomic E-state index is 0.180. The standard InChI is InChI=1S/C48H34N2/c1-3-17-33(18-4-1)35-21-7-11-27-41(35)49-43-29-13-9-23-39(43)47-37(25-15-31-45(47)49)38-26-16-32-46-48(38)40-24-10-14-30-44(40)50(46)42-28-12-8-22-36(42)34-19-5-2-6-20-34/h1-32,39,43H. The summed E-state index contributed by atoms with van der Waals surface area (Å²) in [7, 11) is 0. The Labute approximate surface area is 292 Å². The maximum Gasteiger partial charge on any atom is 0.0630 e. The van der Waals surface area contributed by atoms with Gasteiger partial charge in [-0.3, -0.25) is 0 Å². The van der Waals surface area contributed by atoms with E-state index in [9.17, 15) is 0 Å². The summed E-state index contributed by atoms with van der Waals surface area (Å²) in [6, 6.07) is 62.0. The third-order valence-electron chi connectivity index (χ3n) is 10.5. The molecule has 2 aliphatic rings. The molecular weight excluding hydrogens is 605 g/mol. The molecule has 2 heterocycles. The molecule has 0 N–H and O–H groups in total. The van der Waals surface area contributed by atoms with Gasteiger partial charge in [-0.15, -0.1) is 0 Å². The second kappa shape index (κ2) is 11.6. The number of hydrogen-bond donors (Lipinski definition) is 0. The van der Waals surface area contributed by atoms with E-state index in [1.165, 1.54) is 77.8 Å². The quantitative estimate of drug-likeness (QED) is 0.182. The Balaban J connectivity index is 1.22. The summed E-state index contributed by atoms with van der Waals surface area (Å²) in [5, 5.41) is 2.55. The predicted octanol–water partition coefficient (Wildman–Crippen LogP) is 12.5. The number of fused-ring (bicyclic) bond motifs is 6. The first-order chi connectivity index (χ1) is 24.9. The van der Waals surface area contributed by atoms with E-state index in [-0.39, 0.29) is 12.0 Å². The first-order valence-electron chi connectivity index (χ1n) is 17.5. The van der Waals surface area contributed by atoms with Crippen molar-refractivity contribution in [1.82, 2.24) is 4.57 Å². The lowest BCUT2D eigenvalue weighted by Crippen LogP contribution is -2.28. The van der Waals surface area contributed by atoms with E-state index in [2.05, 4.69) is 204 Å². The molecule has 2 nitrogen and oxygen atoms in total. The summed E-state index contributed by atoms with van der Waals surface area (Å²) in [5.74, 6) is 0.220. The smallest absolute Gasteiger partial charge is 0.0630 e. The lowest BCUT2D eigenvalue weighted by atomic mass is 9.85. The molecular formula is C48H34N2. The van der Waals surface area contributed by atoms with Gasteiger partial charge in [0.15, 0.2) is 0 Å². The van der Waals surface area contributed by atoms with E-state index in [1.54, 1.807) is 0 Å². The molecule has 50 heavy (non-hydrogen) atoms. The molecule has 8 aromatic rings. The fourth-order valence-electron chi connectivity index (χ4n) is 8.49. The third kappa shape index (κ3) is 4.35. The van der Waals surface area contributed by atoms with Gasteiger partial charge < -0.3 is 9.47 Å².